The summed E-state index contributed by atoms with van der Waals surface area (Å²) in [6, 6.07) is 14.3. The highest BCUT2D eigenvalue weighted by Crippen LogP contribution is 2.29. The van der Waals surface area contributed by atoms with Crippen molar-refractivity contribution in [3.05, 3.63) is 69.7 Å². The molecule has 1 unspecified atom stereocenters. The third-order valence-electron chi connectivity index (χ3n) is 3.52. The topological polar surface area (TPSA) is 26.0 Å². The largest absolute Gasteiger partial charge is 0.320 e. The van der Waals surface area contributed by atoms with Crippen LogP contribution >= 0.6 is 11.6 Å². The minimum Gasteiger partial charge on any atom is -0.320 e. The van der Waals surface area contributed by atoms with E-state index in [0.29, 0.717) is 5.92 Å². The van der Waals surface area contributed by atoms with Crippen molar-refractivity contribution in [1.82, 2.24) is 0 Å². The first-order valence-electron chi connectivity index (χ1n) is 6.61. The highest BCUT2D eigenvalue weighted by molar-refractivity contribution is 6.32. The summed E-state index contributed by atoms with van der Waals surface area (Å²) in [5.41, 5.74) is 10.8. The fourth-order valence-electron chi connectivity index (χ4n) is 2.18. The maximum atomic E-state index is 6.34. The van der Waals surface area contributed by atoms with E-state index in [1.165, 1.54) is 5.56 Å². The summed E-state index contributed by atoms with van der Waals surface area (Å²) >= 11 is 6.34. The molecule has 1 atom stereocenters. The van der Waals surface area contributed by atoms with Gasteiger partial charge in [-0.1, -0.05) is 67.9 Å². The number of nitrogens with two attached hydrogens (primary N) is 1. The molecular formula is C17H20ClN. The van der Waals surface area contributed by atoms with Gasteiger partial charge in [-0.3, -0.25) is 0 Å². The van der Waals surface area contributed by atoms with Gasteiger partial charge in [-0.2, -0.15) is 0 Å². The second kappa shape index (κ2) is 5.77. The Morgan fingerprint density at radius 1 is 0.947 bits per heavy atom. The molecule has 2 aromatic carbocycles. The SMILES string of the molecule is Cc1cccc(C(N)c2ccc(C(C)C)cc2)c1Cl. The first kappa shape index (κ1) is 14.1. The van der Waals surface area contributed by atoms with Crippen molar-refractivity contribution in [2.45, 2.75) is 32.7 Å². The van der Waals surface area contributed by atoms with Crippen LogP contribution in [0.25, 0.3) is 0 Å². The van der Waals surface area contributed by atoms with Gasteiger partial charge in [0, 0.05) is 5.02 Å². The van der Waals surface area contributed by atoms with Crippen LogP contribution in [0.15, 0.2) is 42.5 Å². The zero-order valence-electron chi connectivity index (χ0n) is 11.7. The first-order chi connectivity index (χ1) is 9.00. The van der Waals surface area contributed by atoms with Gasteiger partial charge in [0.05, 0.1) is 6.04 Å². The summed E-state index contributed by atoms with van der Waals surface area (Å²) in [6.07, 6.45) is 0. The van der Waals surface area contributed by atoms with Gasteiger partial charge < -0.3 is 5.73 Å². The number of hydrogen-bond donors (Lipinski definition) is 1. The van der Waals surface area contributed by atoms with Gasteiger partial charge in [-0.15, -0.1) is 0 Å². The van der Waals surface area contributed by atoms with Crippen LogP contribution in [0.1, 0.15) is 48.1 Å². The summed E-state index contributed by atoms with van der Waals surface area (Å²) in [4.78, 5) is 0. The van der Waals surface area contributed by atoms with Gasteiger partial charge >= 0.3 is 0 Å². The zero-order valence-corrected chi connectivity index (χ0v) is 12.4. The number of halogens is 1. The zero-order chi connectivity index (χ0) is 14.0. The molecule has 0 spiro atoms. The average Bonchev–Trinajstić information content (AvgIpc) is 2.41. The minimum atomic E-state index is -0.173. The predicted molar refractivity (Wildman–Crippen MR) is 82.8 cm³/mol. The molecule has 0 aliphatic heterocycles. The van der Waals surface area contributed by atoms with Crippen LogP contribution in [0.5, 0.6) is 0 Å². The Morgan fingerprint density at radius 2 is 1.53 bits per heavy atom. The maximum absolute atomic E-state index is 6.34. The Kier molecular flexibility index (Phi) is 4.28. The van der Waals surface area contributed by atoms with Crippen LogP contribution in [0, 0.1) is 6.92 Å². The summed E-state index contributed by atoms with van der Waals surface area (Å²) < 4.78 is 0. The molecule has 0 aliphatic rings. The normalized spacial score (nSPS) is 12.7. The van der Waals surface area contributed by atoms with Gasteiger partial charge in [0.25, 0.3) is 0 Å². The second-order valence-electron chi connectivity index (χ2n) is 5.28. The highest BCUT2D eigenvalue weighted by Gasteiger charge is 2.13. The van der Waals surface area contributed by atoms with Gasteiger partial charge in [0.15, 0.2) is 0 Å². The van der Waals surface area contributed by atoms with Crippen molar-refractivity contribution in [2.75, 3.05) is 0 Å². The number of benzene rings is 2. The molecule has 2 heteroatoms. The summed E-state index contributed by atoms with van der Waals surface area (Å²) in [6.45, 7) is 6.37. The van der Waals surface area contributed by atoms with E-state index in [1.807, 2.05) is 25.1 Å². The Hall–Kier alpha value is -1.31. The molecule has 0 fully saturated rings. The van der Waals surface area contributed by atoms with Gasteiger partial charge in [0.1, 0.15) is 0 Å². The summed E-state index contributed by atoms with van der Waals surface area (Å²) in [7, 11) is 0. The van der Waals surface area contributed by atoms with E-state index in [4.69, 9.17) is 17.3 Å². The fraction of sp³-hybridized carbons (Fsp3) is 0.294. The number of aryl methyl sites for hydroxylation is 1. The van der Waals surface area contributed by atoms with Crippen molar-refractivity contribution in [3.63, 3.8) is 0 Å². The fourth-order valence-corrected chi connectivity index (χ4v) is 2.42. The molecule has 0 bridgehead atoms. The Labute approximate surface area is 120 Å². The molecule has 19 heavy (non-hydrogen) atoms. The third-order valence-corrected chi connectivity index (χ3v) is 4.04. The van der Waals surface area contributed by atoms with E-state index in [-0.39, 0.29) is 6.04 Å². The van der Waals surface area contributed by atoms with Crippen molar-refractivity contribution < 1.29 is 0 Å². The van der Waals surface area contributed by atoms with Crippen molar-refractivity contribution >= 4 is 11.6 Å². The van der Waals surface area contributed by atoms with Crippen molar-refractivity contribution in [3.8, 4) is 0 Å². The lowest BCUT2D eigenvalue weighted by molar-refractivity contribution is 0.847. The van der Waals surface area contributed by atoms with E-state index < -0.39 is 0 Å². The van der Waals surface area contributed by atoms with Crippen LogP contribution in [0.4, 0.5) is 0 Å². The molecule has 0 aromatic heterocycles. The molecule has 0 saturated heterocycles. The maximum Gasteiger partial charge on any atom is 0.0566 e. The van der Waals surface area contributed by atoms with Crippen molar-refractivity contribution in [2.24, 2.45) is 5.73 Å². The number of rotatable bonds is 3. The molecule has 2 aromatic rings. The van der Waals surface area contributed by atoms with Gasteiger partial charge in [-0.05, 0) is 35.1 Å². The molecule has 0 radical (unpaired) electrons. The molecule has 2 rings (SSSR count). The average molecular weight is 274 g/mol. The minimum absolute atomic E-state index is 0.173. The van der Waals surface area contributed by atoms with E-state index >= 15 is 0 Å². The second-order valence-corrected chi connectivity index (χ2v) is 5.66. The molecule has 0 aliphatic carbocycles. The lowest BCUT2D eigenvalue weighted by Gasteiger charge is -2.16. The Morgan fingerprint density at radius 3 is 2.11 bits per heavy atom. The molecule has 100 valence electrons. The van der Waals surface area contributed by atoms with E-state index in [9.17, 15) is 0 Å². The summed E-state index contributed by atoms with van der Waals surface area (Å²) in [5.74, 6) is 0.535. The number of hydrogen-bond acceptors (Lipinski definition) is 1. The smallest absolute Gasteiger partial charge is 0.0566 e. The molecule has 1 nitrogen and oxygen atoms in total. The monoisotopic (exact) mass is 273 g/mol. The van der Waals surface area contributed by atoms with Crippen molar-refractivity contribution in [1.29, 1.82) is 0 Å². The standard InChI is InChI=1S/C17H20ClN/c1-11(2)13-7-9-14(10-8-13)17(19)15-6-4-5-12(3)16(15)18/h4-11,17H,19H2,1-3H3. The molecule has 0 saturated carbocycles. The van der Waals surface area contributed by atoms with Crippen LogP contribution in [-0.4, -0.2) is 0 Å². The predicted octanol–water partition coefficient (Wildman–Crippen LogP) is 4.82. The quantitative estimate of drug-likeness (QED) is 0.852. The van der Waals surface area contributed by atoms with E-state index in [1.54, 1.807) is 0 Å². The lowest BCUT2D eigenvalue weighted by Crippen LogP contribution is -2.12. The summed E-state index contributed by atoms with van der Waals surface area (Å²) in [5, 5.41) is 0.767. The molecular weight excluding hydrogens is 254 g/mol. The molecule has 2 N–H and O–H groups in total. The lowest BCUT2D eigenvalue weighted by atomic mass is 9.95. The third kappa shape index (κ3) is 2.99. The Balaban J connectivity index is 2.33. The van der Waals surface area contributed by atoms with Crippen LogP contribution < -0.4 is 5.73 Å². The van der Waals surface area contributed by atoms with Gasteiger partial charge in [-0.25, -0.2) is 0 Å². The highest BCUT2D eigenvalue weighted by atomic mass is 35.5. The molecule has 0 heterocycles. The molecule has 0 amide bonds. The Bertz CT molecular complexity index is 558. The van der Waals surface area contributed by atoms with E-state index in [0.717, 1.165) is 21.7 Å². The van der Waals surface area contributed by atoms with Crippen LogP contribution in [-0.2, 0) is 0 Å². The van der Waals surface area contributed by atoms with E-state index in [2.05, 4.69) is 38.1 Å². The van der Waals surface area contributed by atoms with Gasteiger partial charge in [0.2, 0.25) is 0 Å². The first-order valence-corrected chi connectivity index (χ1v) is 6.99. The van der Waals surface area contributed by atoms with Crippen LogP contribution in [0.3, 0.4) is 0 Å². The van der Waals surface area contributed by atoms with Crippen LogP contribution in [0.2, 0.25) is 5.02 Å².